The molecule has 3 atom stereocenters. The van der Waals surface area contributed by atoms with Crippen molar-refractivity contribution >= 4 is 14.0 Å². The lowest BCUT2D eigenvalue weighted by atomic mass is 9.78. The molecule has 0 aliphatic rings. The second-order valence-electron chi connectivity index (χ2n) is 8.89. The highest BCUT2D eigenvalue weighted by atomic mass is 31.1. The van der Waals surface area contributed by atoms with Gasteiger partial charge < -0.3 is 14.7 Å². The smallest absolute Gasteiger partial charge is 0.335 e. The molecule has 0 saturated carbocycles. The Morgan fingerprint density at radius 3 is 2.15 bits per heavy atom. The summed E-state index contributed by atoms with van der Waals surface area (Å²) in [4.78, 5) is 16.8. The van der Waals surface area contributed by atoms with E-state index in [1.165, 1.54) is 12.1 Å². The lowest BCUT2D eigenvalue weighted by Crippen LogP contribution is -2.56. The summed E-state index contributed by atoms with van der Waals surface area (Å²) in [5, 5.41) is 19.7. The van der Waals surface area contributed by atoms with Crippen molar-refractivity contribution in [2.24, 2.45) is 5.92 Å². The van der Waals surface area contributed by atoms with Crippen molar-refractivity contribution in [1.82, 2.24) is 4.98 Å². The third-order valence-electron chi connectivity index (χ3n) is 5.90. The first-order valence-electron chi connectivity index (χ1n) is 11.4. The number of halogens is 5. The summed E-state index contributed by atoms with van der Waals surface area (Å²) in [5.74, 6) is -5.02. The predicted octanol–water partition coefficient (Wildman–Crippen LogP) is 5.48. The van der Waals surface area contributed by atoms with Gasteiger partial charge in [0.1, 0.15) is 11.4 Å². The number of hydrogen-bond acceptors (Lipinski definition) is 5. The standard InChI is InChI=1S/C27H23F5NO5P/c1-15(2)11-12-27(25(34)35,39(37)38-3)26(36,14-16-7-9-17(28)10-8-16)21-6-4-5-20(33-21)22-23(31)18(29)13-19(30)24(22)32/h4-10,13,15,36,39H,14H2,1-3H3,(H,34,35). The molecule has 206 valence electrons. The fraction of sp³-hybridized carbons (Fsp3) is 0.259. The summed E-state index contributed by atoms with van der Waals surface area (Å²) in [6.45, 7) is 3.21. The van der Waals surface area contributed by atoms with E-state index in [9.17, 15) is 41.5 Å². The maximum Gasteiger partial charge on any atom is 0.335 e. The minimum atomic E-state index is -3.81. The first-order valence-corrected chi connectivity index (χ1v) is 12.7. The number of hydrogen-bond donors (Lipinski definition) is 2. The predicted molar refractivity (Wildman–Crippen MR) is 132 cm³/mol. The van der Waals surface area contributed by atoms with Crippen molar-refractivity contribution in [3.05, 3.63) is 88.9 Å². The van der Waals surface area contributed by atoms with E-state index in [1.54, 1.807) is 13.8 Å². The molecule has 0 aliphatic carbocycles. The summed E-state index contributed by atoms with van der Waals surface area (Å²) >= 11 is 0. The van der Waals surface area contributed by atoms with Gasteiger partial charge in [0.15, 0.2) is 23.3 Å². The Bertz CT molecular complexity index is 1460. The van der Waals surface area contributed by atoms with Gasteiger partial charge in [-0.1, -0.05) is 43.9 Å². The Morgan fingerprint density at radius 2 is 1.64 bits per heavy atom. The van der Waals surface area contributed by atoms with Gasteiger partial charge in [-0.2, -0.15) is 0 Å². The van der Waals surface area contributed by atoms with Gasteiger partial charge in [-0.05, 0) is 29.8 Å². The van der Waals surface area contributed by atoms with Crippen LogP contribution in [-0.2, 0) is 25.9 Å². The number of carboxylic acids is 1. The van der Waals surface area contributed by atoms with E-state index in [1.807, 2.05) is 0 Å². The molecule has 3 unspecified atom stereocenters. The molecule has 0 radical (unpaired) electrons. The van der Waals surface area contributed by atoms with Crippen LogP contribution in [0, 0.1) is 46.8 Å². The summed E-state index contributed by atoms with van der Waals surface area (Å²) in [6.07, 6.45) is -0.689. The highest BCUT2D eigenvalue weighted by Crippen LogP contribution is 2.53. The molecule has 0 saturated heterocycles. The highest BCUT2D eigenvalue weighted by molar-refractivity contribution is 7.43. The van der Waals surface area contributed by atoms with E-state index >= 15 is 0 Å². The van der Waals surface area contributed by atoms with Crippen molar-refractivity contribution in [2.45, 2.75) is 31.0 Å². The van der Waals surface area contributed by atoms with Crippen LogP contribution in [0.25, 0.3) is 11.3 Å². The number of carbonyl (C=O) groups is 1. The largest absolute Gasteiger partial charge is 0.480 e. The molecule has 39 heavy (non-hydrogen) atoms. The van der Waals surface area contributed by atoms with Crippen LogP contribution in [0.15, 0.2) is 48.5 Å². The molecule has 6 nitrogen and oxygen atoms in total. The molecule has 3 rings (SSSR count). The third-order valence-corrected chi connectivity index (χ3v) is 7.63. The van der Waals surface area contributed by atoms with Crippen molar-refractivity contribution in [3.8, 4) is 23.1 Å². The summed E-state index contributed by atoms with van der Waals surface area (Å²) in [6, 6.07) is 7.65. The number of benzene rings is 2. The lowest BCUT2D eigenvalue weighted by molar-refractivity contribution is -0.146. The summed E-state index contributed by atoms with van der Waals surface area (Å²) in [5.41, 5.74) is -5.23. The van der Waals surface area contributed by atoms with Crippen molar-refractivity contribution in [3.63, 3.8) is 0 Å². The van der Waals surface area contributed by atoms with E-state index in [-0.39, 0.29) is 11.6 Å². The average molecular weight is 567 g/mol. The van der Waals surface area contributed by atoms with Crippen molar-refractivity contribution in [1.29, 1.82) is 0 Å². The normalized spacial score (nSPS) is 15.1. The Balaban J connectivity index is 2.43. The van der Waals surface area contributed by atoms with E-state index < -0.39 is 83.1 Å². The first kappa shape index (κ1) is 30.0. The number of carboxylic acid groups (broad SMARTS) is 1. The number of aliphatic carboxylic acids is 1. The number of rotatable bonds is 8. The summed E-state index contributed by atoms with van der Waals surface area (Å²) in [7, 11) is -2.87. The second-order valence-corrected chi connectivity index (χ2v) is 10.6. The molecule has 2 aromatic carbocycles. The van der Waals surface area contributed by atoms with Gasteiger partial charge in [-0.15, -0.1) is 0 Å². The molecule has 1 heterocycles. The summed E-state index contributed by atoms with van der Waals surface area (Å²) < 4.78 is 88.9. The van der Waals surface area contributed by atoms with Gasteiger partial charge in [0, 0.05) is 25.5 Å². The SMILES string of the molecule is CO[PH](=O)C(C#CC(C)C)(C(=O)O)C(O)(Cc1ccc(F)cc1)c1cccc(-c2c(F)c(F)cc(F)c2F)n1. The molecule has 0 spiro atoms. The van der Waals surface area contributed by atoms with Crippen molar-refractivity contribution < 1.29 is 46.0 Å². The van der Waals surface area contributed by atoms with E-state index in [4.69, 9.17) is 4.52 Å². The van der Waals surface area contributed by atoms with Gasteiger partial charge in [-0.3, -0.25) is 4.57 Å². The molecule has 2 N–H and O–H groups in total. The van der Waals surface area contributed by atoms with Crippen molar-refractivity contribution in [2.75, 3.05) is 7.11 Å². The average Bonchev–Trinajstić information content (AvgIpc) is 2.89. The van der Waals surface area contributed by atoms with E-state index in [0.29, 0.717) is 0 Å². The Labute approximate surface area is 221 Å². The lowest BCUT2D eigenvalue weighted by Gasteiger charge is -2.39. The fourth-order valence-electron chi connectivity index (χ4n) is 3.96. The number of aromatic nitrogens is 1. The van der Waals surface area contributed by atoms with Crippen LogP contribution in [0.5, 0.6) is 0 Å². The molecule has 0 aliphatic heterocycles. The van der Waals surface area contributed by atoms with Gasteiger partial charge in [-0.25, -0.2) is 31.7 Å². The van der Waals surface area contributed by atoms with E-state index in [2.05, 4.69) is 16.8 Å². The van der Waals surface area contributed by atoms with Crippen LogP contribution in [0.3, 0.4) is 0 Å². The zero-order chi connectivity index (χ0) is 29.1. The highest BCUT2D eigenvalue weighted by Gasteiger charge is 2.62. The van der Waals surface area contributed by atoms with Crippen LogP contribution in [0.1, 0.15) is 25.1 Å². The van der Waals surface area contributed by atoms with Gasteiger partial charge in [0.05, 0.1) is 17.0 Å². The topological polar surface area (TPSA) is 96.7 Å². The van der Waals surface area contributed by atoms with Crippen LogP contribution in [-0.4, -0.2) is 33.4 Å². The monoisotopic (exact) mass is 567 g/mol. The molecule has 3 aromatic rings. The quantitative estimate of drug-likeness (QED) is 0.162. The number of nitrogens with zero attached hydrogens (tertiary/aromatic N) is 1. The minimum absolute atomic E-state index is 0.00453. The van der Waals surface area contributed by atoms with Gasteiger partial charge in [0.2, 0.25) is 13.2 Å². The van der Waals surface area contributed by atoms with Gasteiger partial charge in [0.25, 0.3) is 0 Å². The Morgan fingerprint density at radius 1 is 1.05 bits per heavy atom. The first-order chi connectivity index (χ1) is 18.3. The second kappa shape index (κ2) is 11.7. The van der Waals surface area contributed by atoms with Gasteiger partial charge >= 0.3 is 5.97 Å². The fourth-order valence-corrected chi connectivity index (χ4v) is 5.17. The number of pyridine rings is 1. The zero-order valence-electron chi connectivity index (χ0n) is 20.9. The van der Waals surface area contributed by atoms with Crippen LogP contribution < -0.4 is 0 Å². The molecular weight excluding hydrogens is 544 g/mol. The van der Waals surface area contributed by atoms with E-state index in [0.717, 1.165) is 37.4 Å². The van der Waals surface area contributed by atoms with Crippen LogP contribution >= 0.6 is 8.03 Å². The van der Waals surface area contributed by atoms with Crippen LogP contribution in [0.4, 0.5) is 22.0 Å². The Kier molecular flexibility index (Phi) is 8.96. The third kappa shape index (κ3) is 5.59. The molecule has 12 heteroatoms. The zero-order valence-corrected chi connectivity index (χ0v) is 21.9. The molecule has 0 fully saturated rings. The Hall–Kier alpha value is -3.58. The molecule has 0 amide bonds. The van der Waals surface area contributed by atoms with Crippen LogP contribution in [0.2, 0.25) is 0 Å². The number of aliphatic hydroxyl groups is 1. The molecular formula is C27H23F5NO5P. The minimum Gasteiger partial charge on any atom is -0.480 e. The maximum absolute atomic E-state index is 14.6. The molecule has 0 bridgehead atoms. The maximum atomic E-state index is 14.6. The molecule has 1 aromatic heterocycles.